The molecule has 3 nitrogen and oxygen atoms in total. The van der Waals surface area contributed by atoms with E-state index >= 15 is 0 Å². The summed E-state index contributed by atoms with van der Waals surface area (Å²) in [4.78, 5) is 11.8. The Balaban J connectivity index is 2.91. The van der Waals surface area contributed by atoms with Crippen molar-refractivity contribution in [3.05, 3.63) is 29.3 Å². The number of nitrogens with one attached hydrogen (secondary N) is 1. The van der Waals surface area contributed by atoms with E-state index in [1.165, 1.54) is 5.56 Å². The monoisotopic (exact) mass is 249 g/mol. The highest BCUT2D eigenvalue weighted by Gasteiger charge is 2.11. The van der Waals surface area contributed by atoms with Gasteiger partial charge >= 0.3 is 0 Å². The summed E-state index contributed by atoms with van der Waals surface area (Å²) in [6.07, 6.45) is 0.363. The van der Waals surface area contributed by atoms with Crippen LogP contribution in [0, 0.1) is 0 Å². The van der Waals surface area contributed by atoms with Gasteiger partial charge < -0.3 is 10.1 Å². The molecule has 0 aromatic heterocycles. The van der Waals surface area contributed by atoms with Crippen LogP contribution in [-0.4, -0.2) is 19.1 Å². The van der Waals surface area contributed by atoms with Gasteiger partial charge in [0.1, 0.15) is 5.75 Å². The highest BCUT2D eigenvalue weighted by molar-refractivity contribution is 5.79. The largest absolute Gasteiger partial charge is 0.496 e. The number of ether oxygens (including phenoxy) is 1. The summed E-state index contributed by atoms with van der Waals surface area (Å²) in [6.45, 7) is 8.19. The van der Waals surface area contributed by atoms with Crippen molar-refractivity contribution in [2.75, 3.05) is 7.11 Å². The molecule has 18 heavy (non-hydrogen) atoms. The zero-order valence-electron chi connectivity index (χ0n) is 11.9. The maximum atomic E-state index is 11.8. The first-order valence-corrected chi connectivity index (χ1v) is 6.40. The van der Waals surface area contributed by atoms with Crippen LogP contribution in [0.15, 0.2) is 18.2 Å². The van der Waals surface area contributed by atoms with Crippen LogP contribution in [-0.2, 0) is 11.2 Å². The SMILES string of the molecule is COc1ccc(C(C)C)cc1CC(=O)NC(C)C. The molecular formula is C15H23NO2. The standard InChI is InChI=1S/C15H23NO2/c1-10(2)12-6-7-14(18-5)13(8-12)9-15(17)16-11(3)4/h6-8,10-11H,9H2,1-5H3,(H,16,17). The smallest absolute Gasteiger partial charge is 0.224 e. The summed E-state index contributed by atoms with van der Waals surface area (Å²) < 4.78 is 5.31. The van der Waals surface area contributed by atoms with Gasteiger partial charge in [-0.15, -0.1) is 0 Å². The molecule has 0 heterocycles. The molecule has 1 amide bonds. The van der Waals surface area contributed by atoms with E-state index in [-0.39, 0.29) is 11.9 Å². The highest BCUT2D eigenvalue weighted by atomic mass is 16.5. The number of hydrogen-bond donors (Lipinski definition) is 1. The van der Waals surface area contributed by atoms with Crippen LogP contribution in [0.4, 0.5) is 0 Å². The molecule has 0 fully saturated rings. The van der Waals surface area contributed by atoms with Crippen LogP contribution in [0.5, 0.6) is 5.75 Å². The minimum absolute atomic E-state index is 0.0317. The summed E-state index contributed by atoms with van der Waals surface area (Å²) in [5.41, 5.74) is 2.17. The average molecular weight is 249 g/mol. The molecule has 0 aliphatic rings. The Morgan fingerprint density at radius 2 is 1.94 bits per heavy atom. The van der Waals surface area contributed by atoms with Crippen LogP contribution >= 0.6 is 0 Å². The van der Waals surface area contributed by atoms with Crippen LogP contribution in [0.3, 0.4) is 0 Å². The summed E-state index contributed by atoms with van der Waals surface area (Å²) >= 11 is 0. The van der Waals surface area contributed by atoms with Crippen LogP contribution < -0.4 is 10.1 Å². The van der Waals surface area contributed by atoms with E-state index in [0.29, 0.717) is 12.3 Å². The van der Waals surface area contributed by atoms with Gasteiger partial charge in [-0.05, 0) is 31.4 Å². The Labute approximate surface area is 110 Å². The zero-order valence-corrected chi connectivity index (χ0v) is 11.9. The van der Waals surface area contributed by atoms with Gasteiger partial charge in [0.2, 0.25) is 5.91 Å². The van der Waals surface area contributed by atoms with Crippen molar-refractivity contribution in [2.24, 2.45) is 0 Å². The summed E-state index contributed by atoms with van der Waals surface area (Å²) in [7, 11) is 1.63. The molecule has 0 aliphatic carbocycles. The van der Waals surface area contributed by atoms with Crippen molar-refractivity contribution in [3.63, 3.8) is 0 Å². The minimum atomic E-state index is 0.0317. The van der Waals surface area contributed by atoms with Gasteiger partial charge in [0.15, 0.2) is 0 Å². The lowest BCUT2D eigenvalue weighted by Crippen LogP contribution is -2.31. The third-order valence-corrected chi connectivity index (χ3v) is 2.77. The summed E-state index contributed by atoms with van der Waals surface area (Å²) in [5.74, 6) is 1.25. The van der Waals surface area contributed by atoms with Crippen LogP contribution in [0.1, 0.15) is 44.7 Å². The normalized spacial score (nSPS) is 10.8. The first-order chi connectivity index (χ1) is 8.43. The van der Waals surface area contributed by atoms with E-state index in [0.717, 1.165) is 11.3 Å². The van der Waals surface area contributed by atoms with E-state index in [9.17, 15) is 4.79 Å². The average Bonchev–Trinajstić information content (AvgIpc) is 2.27. The van der Waals surface area contributed by atoms with Gasteiger partial charge in [0, 0.05) is 11.6 Å². The number of carbonyl (C=O) groups is 1. The van der Waals surface area contributed by atoms with Crippen molar-refractivity contribution >= 4 is 5.91 Å². The second-order valence-electron chi connectivity index (χ2n) is 5.12. The van der Waals surface area contributed by atoms with E-state index in [1.54, 1.807) is 7.11 Å². The Kier molecular flexibility index (Phi) is 5.20. The topological polar surface area (TPSA) is 38.3 Å². The van der Waals surface area contributed by atoms with Gasteiger partial charge in [0.25, 0.3) is 0 Å². The molecule has 0 atom stereocenters. The minimum Gasteiger partial charge on any atom is -0.496 e. The molecule has 0 spiro atoms. The van der Waals surface area contributed by atoms with Gasteiger partial charge in [-0.2, -0.15) is 0 Å². The summed E-state index contributed by atoms with van der Waals surface area (Å²) in [5, 5.41) is 2.90. The quantitative estimate of drug-likeness (QED) is 0.871. The van der Waals surface area contributed by atoms with E-state index < -0.39 is 0 Å². The maximum absolute atomic E-state index is 11.8. The molecule has 1 aromatic rings. The molecule has 3 heteroatoms. The number of amides is 1. The van der Waals surface area contributed by atoms with Crippen LogP contribution in [0.25, 0.3) is 0 Å². The maximum Gasteiger partial charge on any atom is 0.224 e. The molecule has 0 aliphatic heterocycles. The third-order valence-electron chi connectivity index (χ3n) is 2.77. The second kappa shape index (κ2) is 6.43. The highest BCUT2D eigenvalue weighted by Crippen LogP contribution is 2.24. The molecule has 0 saturated heterocycles. The van der Waals surface area contributed by atoms with E-state index in [4.69, 9.17) is 4.74 Å². The fraction of sp³-hybridized carbons (Fsp3) is 0.533. The first-order valence-electron chi connectivity index (χ1n) is 6.40. The number of methoxy groups -OCH3 is 1. The number of benzene rings is 1. The van der Waals surface area contributed by atoms with Gasteiger partial charge in [-0.25, -0.2) is 0 Å². The lowest BCUT2D eigenvalue weighted by atomic mass is 9.98. The predicted molar refractivity (Wildman–Crippen MR) is 74.1 cm³/mol. The molecule has 1 rings (SSSR count). The Morgan fingerprint density at radius 1 is 1.28 bits per heavy atom. The molecule has 1 aromatic carbocycles. The van der Waals surface area contributed by atoms with Gasteiger partial charge in [-0.3, -0.25) is 4.79 Å². The Bertz CT molecular complexity index is 411. The van der Waals surface area contributed by atoms with E-state index in [1.807, 2.05) is 26.0 Å². The Hall–Kier alpha value is -1.51. The number of hydrogen-bond acceptors (Lipinski definition) is 2. The third kappa shape index (κ3) is 4.06. The van der Waals surface area contributed by atoms with Gasteiger partial charge in [0.05, 0.1) is 13.5 Å². The van der Waals surface area contributed by atoms with Gasteiger partial charge in [-0.1, -0.05) is 26.0 Å². The number of carbonyl (C=O) groups excluding carboxylic acids is 1. The van der Waals surface area contributed by atoms with Crippen molar-refractivity contribution < 1.29 is 9.53 Å². The first kappa shape index (κ1) is 14.6. The zero-order chi connectivity index (χ0) is 13.7. The molecular weight excluding hydrogens is 226 g/mol. The molecule has 0 unspecified atom stereocenters. The molecule has 100 valence electrons. The van der Waals surface area contributed by atoms with E-state index in [2.05, 4.69) is 25.2 Å². The lowest BCUT2D eigenvalue weighted by Gasteiger charge is -2.14. The molecule has 0 bridgehead atoms. The second-order valence-corrected chi connectivity index (χ2v) is 5.12. The molecule has 1 N–H and O–H groups in total. The predicted octanol–water partition coefficient (Wildman–Crippen LogP) is 2.89. The Morgan fingerprint density at radius 3 is 2.44 bits per heavy atom. The fourth-order valence-corrected chi connectivity index (χ4v) is 1.84. The fourth-order valence-electron chi connectivity index (χ4n) is 1.84. The summed E-state index contributed by atoms with van der Waals surface area (Å²) in [6, 6.07) is 6.21. The molecule has 0 radical (unpaired) electrons. The van der Waals surface area contributed by atoms with Crippen molar-refractivity contribution in [2.45, 2.75) is 46.1 Å². The molecule has 0 saturated carbocycles. The number of rotatable bonds is 5. The van der Waals surface area contributed by atoms with Crippen molar-refractivity contribution in [3.8, 4) is 5.75 Å². The van der Waals surface area contributed by atoms with Crippen molar-refractivity contribution in [1.29, 1.82) is 0 Å². The lowest BCUT2D eigenvalue weighted by molar-refractivity contribution is -0.120. The van der Waals surface area contributed by atoms with Crippen LogP contribution in [0.2, 0.25) is 0 Å². The van der Waals surface area contributed by atoms with Crippen molar-refractivity contribution in [1.82, 2.24) is 5.32 Å².